The smallest absolute Gasteiger partial charge is 0.433 e. The lowest BCUT2D eigenvalue weighted by Gasteiger charge is -2.26. The number of furan rings is 1. The van der Waals surface area contributed by atoms with Gasteiger partial charge in [0.05, 0.1) is 18.2 Å². The van der Waals surface area contributed by atoms with E-state index in [0.29, 0.717) is 11.1 Å². The van der Waals surface area contributed by atoms with Gasteiger partial charge in [0.2, 0.25) is 5.54 Å². The first-order valence-corrected chi connectivity index (χ1v) is 8.65. The lowest BCUT2D eigenvalue weighted by molar-refractivity contribution is -0.141. The molecule has 0 spiro atoms. The van der Waals surface area contributed by atoms with Crippen molar-refractivity contribution in [1.29, 1.82) is 0 Å². The Morgan fingerprint density at radius 1 is 1.13 bits per heavy atom. The monoisotopic (exact) mass is 418 g/mol. The van der Waals surface area contributed by atoms with Gasteiger partial charge in [-0.1, -0.05) is 12.1 Å². The Labute approximate surface area is 167 Å². The number of rotatable bonds is 3. The number of carbonyl (C=O) groups is 1. The van der Waals surface area contributed by atoms with Gasteiger partial charge in [-0.15, -0.1) is 0 Å². The van der Waals surface area contributed by atoms with Gasteiger partial charge in [-0.2, -0.15) is 13.2 Å². The molecule has 10 heteroatoms. The van der Waals surface area contributed by atoms with Gasteiger partial charge >= 0.3 is 6.18 Å². The minimum absolute atomic E-state index is 0.271. The fraction of sp³-hybridized carbons (Fsp3) is 0.150. The molecule has 3 heterocycles. The van der Waals surface area contributed by atoms with Crippen molar-refractivity contribution < 1.29 is 26.8 Å². The van der Waals surface area contributed by atoms with Gasteiger partial charge in [0.1, 0.15) is 11.5 Å². The molecule has 1 aliphatic heterocycles. The van der Waals surface area contributed by atoms with E-state index in [0.717, 1.165) is 23.1 Å². The number of benzene rings is 1. The van der Waals surface area contributed by atoms with E-state index in [-0.39, 0.29) is 11.5 Å². The summed E-state index contributed by atoms with van der Waals surface area (Å²) in [5, 5.41) is 0. The van der Waals surface area contributed by atoms with Crippen LogP contribution in [0.15, 0.2) is 64.4 Å². The highest BCUT2D eigenvalue weighted by Crippen LogP contribution is 2.42. The predicted molar refractivity (Wildman–Crippen MR) is 98.5 cm³/mol. The van der Waals surface area contributed by atoms with Gasteiger partial charge in [-0.05, 0) is 35.9 Å². The molecule has 2 N–H and O–H groups in total. The third kappa shape index (κ3) is 2.92. The lowest BCUT2D eigenvalue weighted by Crippen LogP contribution is -2.42. The van der Waals surface area contributed by atoms with Gasteiger partial charge < -0.3 is 10.2 Å². The molecule has 0 radical (unpaired) electrons. The summed E-state index contributed by atoms with van der Waals surface area (Å²) in [6.45, 7) is 0. The molecule has 1 unspecified atom stereocenters. The number of carbonyl (C=O) groups excluding carboxylic acids is 1. The molecule has 30 heavy (non-hydrogen) atoms. The summed E-state index contributed by atoms with van der Waals surface area (Å²) in [6, 6.07) is 8.53. The third-order valence-corrected chi connectivity index (χ3v) is 4.86. The number of nitrogens with zero attached hydrogens (tertiary/aromatic N) is 3. The zero-order chi connectivity index (χ0) is 21.7. The molecule has 1 amide bonds. The van der Waals surface area contributed by atoms with Crippen LogP contribution in [0.1, 0.15) is 17.0 Å². The summed E-state index contributed by atoms with van der Waals surface area (Å²) >= 11 is 0. The summed E-state index contributed by atoms with van der Waals surface area (Å²) in [7, 11) is 1.30. The Bertz CT molecular complexity index is 1160. The zero-order valence-electron chi connectivity index (χ0n) is 15.4. The summed E-state index contributed by atoms with van der Waals surface area (Å²) < 4.78 is 59.8. The van der Waals surface area contributed by atoms with Crippen molar-refractivity contribution in [2.45, 2.75) is 11.7 Å². The highest BCUT2D eigenvalue weighted by molar-refractivity contribution is 6.08. The summed E-state index contributed by atoms with van der Waals surface area (Å²) in [5.41, 5.74) is 2.75. The molecule has 1 atom stereocenters. The maximum atomic E-state index is 15.0. The van der Waals surface area contributed by atoms with E-state index >= 15 is 4.39 Å². The van der Waals surface area contributed by atoms with Crippen LogP contribution < -0.4 is 5.73 Å². The molecule has 2 aromatic heterocycles. The largest absolute Gasteiger partial charge is 0.472 e. The quantitative estimate of drug-likeness (QED) is 0.660. The van der Waals surface area contributed by atoms with E-state index in [1.807, 2.05) is 0 Å². The maximum Gasteiger partial charge on any atom is 0.433 e. The fourth-order valence-corrected chi connectivity index (χ4v) is 3.33. The summed E-state index contributed by atoms with van der Waals surface area (Å²) in [5.74, 6) is -1.94. The van der Waals surface area contributed by atoms with E-state index in [9.17, 15) is 18.0 Å². The first-order chi connectivity index (χ1) is 14.1. The second-order valence-electron chi connectivity index (χ2n) is 6.66. The van der Waals surface area contributed by atoms with Gasteiger partial charge in [0, 0.05) is 18.2 Å². The molecule has 0 saturated heterocycles. The molecule has 1 aliphatic rings. The lowest BCUT2D eigenvalue weighted by atomic mass is 9.84. The number of aromatic nitrogens is 1. The molecular formula is C20H14F4N4O2. The number of amides is 1. The predicted octanol–water partition coefficient (Wildman–Crippen LogP) is 3.53. The van der Waals surface area contributed by atoms with Crippen molar-refractivity contribution in [1.82, 2.24) is 9.88 Å². The van der Waals surface area contributed by atoms with Gasteiger partial charge in [0.25, 0.3) is 5.91 Å². The minimum atomic E-state index is -4.77. The number of halogens is 4. The zero-order valence-corrected chi connectivity index (χ0v) is 15.4. The van der Waals surface area contributed by atoms with Crippen LogP contribution in [0.5, 0.6) is 0 Å². The Balaban J connectivity index is 2.01. The Morgan fingerprint density at radius 3 is 2.50 bits per heavy atom. The van der Waals surface area contributed by atoms with Crippen LogP contribution in [-0.2, 0) is 16.5 Å². The highest BCUT2D eigenvalue weighted by Gasteiger charge is 2.53. The fourth-order valence-electron chi connectivity index (χ4n) is 3.33. The van der Waals surface area contributed by atoms with Gasteiger partial charge in [-0.3, -0.25) is 9.69 Å². The molecule has 154 valence electrons. The number of alkyl halides is 3. The Kier molecular flexibility index (Phi) is 4.37. The molecule has 0 fully saturated rings. The van der Waals surface area contributed by atoms with Crippen LogP contribution in [0.2, 0.25) is 0 Å². The third-order valence-electron chi connectivity index (χ3n) is 4.86. The number of likely N-dealkylation sites (N-methyl/N-ethyl adjacent to an activating group) is 1. The average molecular weight is 418 g/mol. The number of nitrogens with two attached hydrogens (primary N) is 1. The molecular weight excluding hydrogens is 404 g/mol. The van der Waals surface area contributed by atoms with E-state index in [2.05, 4.69) is 9.98 Å². The number of hydrogen-bond donors (Lipinski definition) is 1. The van der Waals surface area contributed by atoms with Crippen LogP contribution in [0.4, 0.5) is 17.6 Å². The van der Waals surface area contributed by atoms with E-state index in [1.54, 1.807) is 6.07 Å². The Morgan fingerprint density at radius 2 is 1.90 bits per heavy atom. The standard InChI is InChI=1S/C20H14F4N4O2/c1-28-17(29)19(27-18(28)25,15-3-2-4-16(26-15)20(22,23)24)13-9-11(5-6-14(13)21)12-7-8-30-10-12/h2-10H,1H3,(H2,25,27). The topological polar surface area (TPSA) is 84.7 Å². The Hall–Kier alpha value is -3.69. The van der Waals surface area contributed by atoms with Crippen molar-refractivity contribution in [3.8, 4) is 11.1 Å². The van der Waals surface area contributed by atoms with Gasteiger partial charge in [0.15, 0.2) is 5.96 Å². The SMILES string of the molecule is CN1C(=O)C(c2cccc(C(F)(F)F)n2)(c2cc(-c3ccoc3)ccc2F)N=C1N. The number of hydrogen-bond acceptors (Lipinski definition) is 5. The van der Waals surface area contributed by atoms with Crippen LogP contribution in [0.25, 0.3) is 11.1 Å². The second-order valence-corrected chi connectivity index (χ2v) is 6.66. The van der Waals surface area contributed by atoms with E-state index in [1.165, 1.54) is 37.8 Å². The minimum Gasteiger partial charge on any atom is -0.472 e. The molecule has 4 rings (SSSR count). The van der Waals surface area contributed by atoms with Gasteiger partial charge in [-0.25, -0.2) is 14.4 Å². The second kappa shape index (κ2) is 6.68. The normalized spacial score (nSPS) is 19.3. The average Bonchev–Trinajstić information content (AvgIpc) is 3.32. The molecule has 1 aromatic carbocycles. The molecule has 0 saturated carbocycles. The highest BCUT2D eigenvalue weighted by atomic mass is 19.4. The number of pyridine rings is 1. The van der Waals surface area contributed by atoms with Crippen molar-refractivity contribution in [3.05, 3.63) is 77.8 Å². The van der Waals surface area contributed by atoms with Crippen LogP contribution in [-0.4, -0.2) is 28.8 Å². The van der Waals surface area contributed by atoms with Crippen LogP contribution >= 0.6 is 0 Å². The van der Waals surface area contributed by atoms with Crippen molar-refractivity contribution in [2.75, 3.05) is 7.05 Å². The van der Waals surface area contributed by atoms with Crippen molar-refractivity contribution in [2.24, 2.45) is 10.7 Å². The first kappa shape index (κ1) is 19.6. The van der Waals surface area contributed by atoms with Crippen molar-refractivity contribution >= 4 is 11.9 Å². The van der Waals surface area contributed by atoms with E-state index < -0.39 is 34.8 Å². The number of aliphatic imine (C=N–C) groups is 1. The molecule has 3 aromatic rings. The maximum absolute atomic E-state index is 15.0. The van der Waals surface area contributed by atoms with Crippen molar-refractivity contribution in [3.63, 3.8) is 0 Å². The summed E-state index contributed by atoms with van der Waals surface area (Å²) in [6.07, 6.45) is -1.95. The number of guanidine groups is 1. The molecule has 6 nitrogen and oxygen atoms in total. The van der Waals surface area contributed by atoms with Crippen LogP contribution in [0, 0.1) is 5.82 Å². The first-order valence-electron chi connectivity index (χ1n) is 8.65. The van der Waals surface area contributed by atoms with E-state index in [4.69, 9.17) is 10.2 Å². The molecule has 0 aliphatic carbocycles. The summed E-state index contributed by atoms with van der Waals surface area (Å²) in [4.78, 5) is 21.8. The molecule has 0 bridgehead atoms. The van der Waals surface area contributed by atoms with Crippen LogP contribution in [0.3, 0.4) is 0 Å².